The molecule has 0 aliphatic rings. The normalized spacial score (nSPS) is 11.0. The Kier molecular flexibility index (Phi) is 4.44. The number of aromatic amines is 2. The van der Waals surface area contributed by atoms with E-state index in [1.165, 1.54) is 0 Å². The first-order valence-corrected chi connectivity index (χ1v) is 9.76. The molecule has 6 nitrogen and oxygen atoms in total. The Morgan fingerprint density at radius 1 is 0.500 bits per heavy atom. The van der Waals surface area contributed by atoms with E-state index in [2.05, 4.69) is 32.5 Å². The molecule has 4 aromatic heterocycles. The van der Waals surface area contributed by atoms with Gasteiger partial charge in [0.2, 0.25) is 0 Å². The lowest BCUT2D eigenvalue weighted by molar-refractivity contribution is 1.04. The molecule has 5 aromatic rings. The molecular weight excluding hydrogens is 372 g/mol. The van der Waals surface area contributed by atoms with E-state index in [4.69, 9.17) is 9.97 Å². The van der Waals surface area contributed by atoms with Crippen molar-refractivity contribution in [2.75, 3.05) is 0 Å². The van der Waals surface area contributed by atoms with Crippen molar-refractivity contribution in [1.82, 2.24) is 30.4 Å². The molecule has 0 unspecified atom stereocenters. The zero-order valence-corrected chi connectivity index (χ0v) is 16.7. The van der Waals surface area contributed by atoms with Gasteiger partial charge in [0.1, 0.15) is 11.4 Å². The maximum Gasteiger partial charge on any atom is 0.111 e. The van der Waals surface area contributed by atoms with Gasteiger partial charge in [0.15, 0.2) is 0 Å². The van der Waals surface area contributed by atoms with Crippen molar-refractivity contribution in [3.63, 3.8) is 0 Å². The third kappa shape index (κ3) is 3.39. The molecule has 146 valence electrons. The molecule has 0 bridgehead atoms. The van der Waals surface area contributed by atoms with E-state index >= 15 is 0 Å². The van der Waals surface area contributed by atoms with Crippen LogP contribution >= 0.6 is 0 Å². The third-order valence-corrected chi connectivity index (χ3v) is 4.91. The van der Waals surface area contributed by atoms with E-state index in [1.807, 2.05) is 74.5 Å². The molecule has 0 amide bonds. The molecule has 0 radical (unpaired) electrons. The van der Waals surface area contributed by atoms with Crippen LogP contribution in [-0.4, -0.2) is 30.4 Å². The lowest BCUT2D eigenvalue weighted by Crippen LogP contribution is -1.93. The quantitative estimate of drug-likeness (QED) is 0.440. The Bertz CT molecular complexity index is 1230. The number of H-pyrrole nitrogens is 2. The summed E-state index contributed by atoms with van der Waals surface area (Å²) in [6.45, 7) is 3.96. The Balaban J connectivity index is 1.59. The molecule has 0 aliphatic heterocycles. The fraction of sp³-hybridized carbons (Fsp3) is 0.0833. The van der Waals surface area contributed by atoms with Gasteiger partial charge in [-0.1, -0.05) is 36.4 Å². The van der Waals surface area contributed by atoms with Crippen molar-refractivity contribution in [2.45, 2.75) is 13.8 Å². The van der Waals surface area contributed by atoms with Crippen molar-refractivity contribution >= 4 is 0 Å². The van der Waals surface area contributed by atoms with Crippen LogP contribution in [0, 0.1) is 13.8 Å². The summed E-state index contributed by atoms with van der Waals surface area (Å²) >= 11 is 0. The lowest BCUT2D eigenvalue weighted by Gasteiger charge is -2.10. The van der Waals surface area contributed by atoms with Crippen molar-refractivity contribution < 1.29 is 0 Å². The van der Waals surface area contributed by atoms with Crippen LogP contribution in [0.5, 0.6) is 0 Å². The maximum atomic E-state index is 4.87. The highest BCUT2D eigenvalue weighted by molar-refractivity contribution is 5.81. The van der Waals surface area contributed by atoms with Gasteiger partial charge in [-0.15, -0.1) is 0 Å². The highest BCUT2D eigenvalue weighted by Crippen LogP contribution is 2.32. The Morgan fingerprint density at radius 3 is 1.33 bits per heavy atom. The van der Waals surface area contributed by atoms with Crippen LogP contribution in [0.15, 0.2) is 72.8 Å². The first-order valence-electron chi connectivity index (χ1n) is 9.76. The average Bonchev–Trinajstić information content (AvgIpc) is 3.42. The summed E-state index contributed by atoms with van der Waals surface area (Å²) in [4.78, 5) is 9.74. The summed E-state index contributed by atoms with van der Waals surface area (Å²) in [5, 5.41) is 14.6. The molecule has 4 heterocycles. The molecule has 2 N–H and O–H groups in total. The van der Waals surface area contributed by atoms with Gasteiger partial charge in [-0.25, -0.2) is 9.97 Å². The fourth-order valence-corrected chi connectivity index (χ4v) is 3.48. The maximum absolute atomic E-state index is 4.87. The molecular formula is C24H20N6. The number of pyridine rings is 2. The van der Waals surface area contributed by atoms with Crippen LogP contribution in [0.2, 0.25) is 0 Å². The van der Waals surface area contributed by atoms with Gasteiger partial charge in [0.25, 0.3) is 0 Å². The summed E-state index contributed by atoms with van der Waals surface area (Å²) in [5.74, 6) is 0. The molecule has 0 fully saturated rings. The third-order valence-electron chi connectivity index (χ3n) is 4.91. The van der Waals surface area contributed by atoms with Crippen LogP contribution < -0.4 is 0 Å². The topological polar surface area (TPSA) is 83.1 Å². The Hall–Kier alpha value is -4.06. The SMILES string of the molecule is Cc1cc(-c2cccc(-c3ccccc3-c3cccc(-c4cc(C)[nH]n4)n3)n2)n[nH]1. The second kappa shape index (κ2) is 7.40. The molecule has 0 spiro atoms. The molecule has 0 atom stereocenters. The van der Waals surface area contributed by atoms with Gasteiger partial charge in [-0.3, -0.25) is 10.2 Å². The second-order valence-electron chi connectivity index (χ2n) is 7.23. The van der Waals surface area contributed by atoms with Crippen LogP contribution in [0.4, 0.5) is 0 Å². The predicted molar refractivity (Wildman–Crippen MR) is 118 cm³/mol. The van der Waals surface area contributed by atoms with Crippen molar-refractivity contribution in [3.8, 4) is 45.3 Å². The lowest BCUT2D eigenvalue weighted by atomic mass is 10.00. The van der Waals surface area contributed by atoms with Gasteiger partial charge < -0.3 is 0 Å². The molecule has 6 heteroatoms. The number of benzene rings is 1. The first kappa shape index (κ1) is 18.0. The van der Waals surface area contributed by atoms with E-state index in [0.717, 1.165) is 56.7 Å². The summed E-state index contributed by atoms with van der Waals surface area (Å²) < 4.78 is 0. The highest BCUT2D eigenvalue weighted by Gasteiger charge is 2.13. The van der Waals surface area contributed by atoms with E-state index < -0.39 is 0 Å². The van der Waals surface area contributed by atoms with Gasteiger partial charge in [-0.05, 0) is 50.2 Å². The minimum absolute atomic E-state index is 0.834. The zero-order chi connectivity index (χ0) is 20.5. The van der Waals surface area contributed by atoms with E-state index in [0.29, 0.717) is 0 Å². The van der Waals surface area contributed by atoms with Gasteiger partial charge in [0, 0.05) is 22.5 Å². The number of hydrogen-bond donors (Lipinski definition) is 2. The first-order chi connectivity index (χ1) is 14.7. The average molecular weight is 392 g/mol. The highest BCUT2D eigenvalue weighted by atomic mass is 15.1. The standard InChI is InChI=1S/C24H20N6/c1-15-13-23(29-27-15)21-11-5-9-19(25-21)17-7-3-4-8-18(17)20-10-6-12-22(26-20)24-14-16(2)28-30-24/h3-14H,1-2H3,(H,27,29)(H,28,30). The largest absolute Gasteiger partial charge is 0.282 e. The Morgan fingerprint density at radius 2 is 0.933 bits per heavy atom. The molecule has 5 rings (SSSR count). The fourth-order valence-electron chi connectivity index (χ4n) is 3.48. The number of hydrogen-bond acceptors (Lipinski definition) is 4. The zero-order valence-electron chi connectivity index (χ0n) is 16.7. The summed E-state index contributed by atoms with van der Waals surface area (Å²) in [5.41, 5.74) is 9.16. The molecule has 30 heavy (non-hydrogen) atoms. The van der Waals surface area contributed by atoms with Gasteiger partial charge in [-0.2, -0.15) is 10.2 Å². The van der Waals surface area contributed by atoms with Crippen LogP contribution in [0.1, 0.15) is 11.4 Å². The number of rotatable bonds is 4. The number of aromatic nitrogens is 6. The number of nitrogens with zero attached hydrogens (tertiary/aromatic N) is 4. The summed E-state index contributed by atoms with van der Waals surface area (Å²) in [6.07, 6.45) is 0. The van der Waals surface area contributed by atoms with Crippen LogP contribution in [0.3, 0.4) is 0 Å². The van der Waals surface area contributed by atoms with Crippen molar-refractivity contribution in [3.05, 3.63) is 84.2 Å². The van der Waals surface area contributed by atoms with Crippen molar-refractivity contribution in [2.24, 2.45) is 0 Å². The van der Waals surface area contributed by atoms with E-state index in [1.54, 1.807) is 0 Å². The van der Waals surface area contributed by atoms with Gasteiger partial charge in [0.05, 0.1) is 22.8 Å². The van der Waals surface area contributed by atoms with Crippen molar-refractivity contribution in [1.29, 1.82) is 0 Å². The van der Waals surface area contributed by atoms with E-state index in [-0.39, 0.29) is 0 Å². The van der Waals surface area contributed by atoms with Crippen LogP contribution in [0.25, 0.3) is 45.3 Å². The minimum atomic E-state index is 0.834. The second-order valence-corrected chi connectivity index (χ2v) is 7.23. The minimum Gasteiger partial charge on any atom is -0.282 e. The predicted octanol–water partition coefficient (Wildman–Crippen LogP) is 5.21. The molecule has 1 aromatic carbocycles. The summed E-state index contributed by atoms with van der Waals surface area (Å²) in [6, 6.07) is 24.2. The molecule has 0 aliphatic carbocycles. The number of aryl methyl sites for hydroxylation is 2. The summed E-state index contributed by atoms with van der Waals surface area (Å²) in [7, 11) is 0. The van der Waals surface area contributed by atoms with E-state index in [9.17, 15) is 0 Å². The molecule has 0 saturated carbocycles. The Labute approximate surface area is 174 Å². The monoisotopic (exact) mass is 392 g/mol. The van der Waals surface area contributed by atoms with Crippen LogP contribution in [-0.2, 0) is 0 Å². The van der Waals surface area contributed by atoms with Gasteiger partial charge >= 0.3 is 0 Å². The molecule has 0 saturated heterocycles. The number of nitrogens with one attached hydrogen (secondary N) is 2. The smallest absolute Gasteiger partial charge is 0.111 e.